The Bertz CT molecular complexity index is 741. The number of hydrogen-bond acceptors (Lipinski definition) is 5. The number of hydrogen-bond donors (Lipinski definition) is 3. The topological polar surface area (TPSA) is 127 Å². The van der Waals surface area contributed by atoms with Crippen molar-refractivity contribution in [3.8, 4) is 0 Å². The van der Waals surface area contributed by atoms with Crippen LogP contribution in [0.15, 0.2) is 30.3 Å². The number of allylic oxidation sites excluding steroid dienone is 1. The molecule has 0 aliphatic heterocycles. The molecule has 0 bridgehead atoms. The Hall–Kier alpha value is -2.80. The van der Waals surface area contributed by atoms with E-state index in [2.05, 4.69) is 5.32 Å². The quantitative estimate of drug-likeness (QED) is 0.444. The van der Waals surface area contributed by atoms with Crippen molar-refractivity contribution >= 4 is 29.5 Å². The van der Waals surface area contributed by atoms with E-state index in [1.54, 1.807) is 0 Å². The van der Waals surface area contributed by atoms with E-state index >= 15 is 0 Å². The second-order valence-corrected chi connectivity index (χ2v) is 6.25. The maximum absolute atomic E-state index is 12.0. The van der Waals surface area contributed by atoms with E-state index in [1.165, 1.54) is 5.56 Å². The van der Waals surface area contributed by atoms with E-state index in [0.717, 1.165) is 24.0 Å². The number of aldehydes is 1. The summed E-state index contributed by atoms with van der Waals surface area (Å²) in [7, 11) is 0. The second kappa shape index (κ2) is 9.05. The summed E-state index contributed by atoms with van der Waals surface area (Å²) in [6.07, 6.45) is 3.90. The Morgan fingerprint density at radius 2 is 2.00 bits per heavy atom. The van der Waals surface area contributed by atoms with Crippen molar-refractivity contribution in [1.29, 1.82) is 0 Å². The van der Waals surface area contributed by atoms with Crippen molar-refractivity contribution in [3.05, 3.63) is 41.5 Å². The predicted octanol–water partition coefficient (Wildman–Crippen LogP) is 0.851. The number of carbonyl (C=O) groups is 4. The van der Waals surface area contributed by atoms with Gasteiger partial charge in [0.2, 0.25) is 11.7 Å². The molecule has 2 rings (SSSR count). The zero-order valence-electron chi connectivity index (χ0n) is 14.3. The summed E-state index contributed by atoms with van der Waals surface area (Å²) in [5, 5.41) is 11.9. The van der Waals surface area contributed by atoms with Gasteiger partial charge in [-0.2, -0.15) is 0 Å². The Morgan fingerprint density at radius 3 is 2.69 bits per heavy atom. The minimum atomic E-state index is -1.13. The predicted molar refractivity (Wildman–Crippen MR) is 95.2 cm³/mol. The van der Waals surface area contributed by atoms with Crippen LogP contribution in [0.4, 0.5) is 0 Å². The molecule has 2 unspecified atom stereocenters. The van der Waals surface area contributed by atoms with E-state index in [-0.39, 0.29) is 25.5 Å². The Kier molecular flexibility index (Phi) is 6.80. The number of fused-ring (bicyclic) bond motifs is 1. The normalized spacial score (nSPS) is 15.2. The molecule has 0 spiro atoms. The lowest BCUT2D eigenvalue weighted by molar-refractivity contribution is -0.141. The first-order chi connectivity index (χ1) is 12.4. The summed E-state index contributed by atoms with van der Waals surface area (Å²) in [4.78, 5) is 45.0. The van der Waals surface area contributed by atoms with Crippen LogP contribution in [0, 0.1) is 0 Å². The lowest BCUT2D eigenvalue weighted by atomic mass is 9.87. The van der Waals surface area contributed by atoms with Crippen LogP contribution in [-0.4, -0.2) is 41.1 Å². The summed E-state index contributed by atoms with van der Waals surface area (Å²) >= 11 is 0. The van der Waals surface area contributed by atoms with E-state index in [4.69, 9.17) is 5.73 Å². The van der Waals surface area contributed by atoms with E-state index in [1.807, 2.05) is 30.3 Å². The maximum Gasteiger partial charge on any atom is 0.326 e. The van der Waals surface area contributed by atoms with Gasteiger partial charge in [0, 0.05) is 12.8 Å². The average Bonchev–Trinajstić information content (AvgIpc) is 2.65. The molecule has 0 radical (unpaired) electrons. The van der Waals surface area contributed by atoms with Crippen molar-refractivity contribution in [2.75, 3.05) is 0 Å². The smallest absolute Gasteiger partial charge is 0.326 e. The summed E-state index contributed by atoms with van der Waals surface area (Å²) in [5.74, 6) is -2.43. The average molecular weight is 358 g/mol. The SMILES string of the molecule is NC(CCC(=O)NC(CC1=CCCc2ccccc21)C(=O)O)C(=O)C=O. The van der Waals surface area contributed by atoms with Crippen LogP contribution in [0.1, 0.15) is 36.8 Å². The van der Waals surface area contributed by atoms with E-state index in [9.17, 15) is 24.3 Å². The van der Waals surface area contributed by atoms with Crippen molar-refractivity contribution < 1.29 is 24.3 Å². The van der Waals surface area contributed by atoms with Crippen LogP contribution in [0.5, 0.6) is 0 Å². The molecular formula is C19H22N2O5. The number of aryl methyl sites for hydroxylation is 1. The zero-order valence-corrected chi connectivity index (χ0v) is 14.3. The van der Waals surface area contributed by atoms with Crippen LogP contribution < -0.4 is 11.1 Å². The number of ketones is 1. The number of nitrogens with one attached hydrogen (secondary N) is 1. The number of rotatable bonds is 9. The number of benzene rings is 1. The Balaban J connectivity index is 1.98. The van der Waals surface area contributed by atoms with Crippen molar-refractivity contribution in [1.82, 2.24) is 5.32 Å². The van der Waals surface area contributed by atoms with Gasteiger partial charge >= 0.3 is 5.97 Å². The van der Waals surface area contributed by atoms with Crippen LogP contribution in [-0.2, 0) is 25.6 Å². The monoisotopic (exact) mass is 358 g/mol. The molecule has 0 heterocycles. The first-order valence-corrected chi connectivity index (χ1v) is 8.46. The zero-order chi connectivity index (χ0) is 19.1. The van der Waals surface area contributed by atoms with Crippen molar-refractivity contribution in [3.63, 3.8) is 0 Å². The van der Waals surface area contributed by atoms with Crippen molar-refractivity contribution in [2.24, 2.45) is 5.73 Å². The molecule has 138 valence electrons. The molecule has 1 aromatic carbocycles. The van der Waals surface area contributed by atoms with Gasteiger partial charge in [-0.05, 0) is 36.0 Å². The molecule has 0 saturated carbocycles. The highest BCUT2D eigenvalue weighted by Crippen LogP contribution is 2.29. The first-order valence-electron chi connectivity index (χ1n) is 8.46. The van der Waals surface area contributed by atoms with Gasteiger partial charge in [0.1, 0.15) is 6.04 Å². The van der Waals surface area contributed by atoms with Gasteiger partial charge in [-0.3, -0.25) is 14.4 Å². The third-order valence-corrected chi connectivity index (χ3v) is 4.39. The Morgan fingerprint density at radius 1 is 1.27 bits per heavy atom. The highest BCUT2D eigenvalue weighted by Gasteiger charge is 2.24. The van der Waals surface area contributed by atoms with Gasteiger partial charge in [0.25, 0.3) is 0 Å². The second-order valence-electron chi connectivity index (χ2n) is 6.25. The van der Waals surface area contributed by atoms with Gasteiger partial charge in [0.05, 0.1) is 6.04 Å². The van der Waals surface area contributed by atoms with Crippen LogP contribution in [0.25, 0.3) is 5.57 Å². The number of Topliss-reactive ketones (excluding diaryl/α,β-unsaturated/α-hetero) is 1. The van der Waals surface area contributed by atoms with Gasteiger partial charge in [-0.15, -0.1) is 0 Å². The molecule has 7 nitrogen and oxygen atoms in total. The maximum atomic E-state index is 12.0. The highest BCUT2D eigenvalue weighted by atomic mass is 16.4. The number of carbonyl (C=O) groups excluding carboxylic acids is 3. The molecule has 1 aliphatic carbocycles. The number of carboxylic acid groups (broad SMARTS) is 1. The minimum Gasteiger partial charge on any atom is -0.480 e. The molecule has 1 aromatic rings. The number of nitrogens with two attached hydrogens (primary N) is 1. The molecule has 2 atom stereocenters. The van der Waals surface area contributed by atoms with Gasteiger partial charge in [-0.1, -0.05) is 30.3 Å². The molecule has 0 aromatic heterocycles. The molecule has 26 heavy (non-hydrogen) atoms. The van der Waals surface area contributed by atoms with Gasteiger partial charge in [-0.25, -0.2) is 4.79 Å². The number of carboxylic acids is 1. The summed E-state index contributed by atoms with van der Waals surface area (Å²) in [5.41, 5.74) is 8.56. The first kappa shape index (κ1) is 19.5. The van der Waals surface area contributed by atoms with Gasteiger partial charge in [0.15, 0.2) is 6.29 Å². The molecule has 4 N–H and O–H groups in total. The highest BCUT2D eigenvalue weighted by molar-refractivity contribution is 6.27. The fraction of sp³-hybridized carbons (Fsp3) is 0.368. The lowest BCUT2D eigenvalue weighted by Crippen LogP contribution is -2.42. The third kappa shape index (κ3) is 5.10. The number of aliphatic carboxylic acids is 1. The fourth-order valence-corrected chi connectivity index (χ4v) is 2.96. The van der Waals surface area contributed by atoms with Crippen molar-refractivity contribution in [2.45, 2.75) is 44.2 Å². The van der Waals surface area contributed by atoms with E-state index in [0.29, 0.717) is 0 Å². The summed E-state index contributed by atoms with van der Waals surface area (Å²) in [6.45, 7) is 0. The molecule has 0 fully saturated rings. The molecule has 1 aliphatic rings. The third-order valence-electron chi connectivity index (χ3n) is 4.39. The standard InChI is InChI=1S/C19H22N2O5/c20-15(17(23)11-22)8-9-18(24)21-16(19(25)26)10-13-6-3-5-12-4-1-2-7-14(12)13/h1-2,4,6-7,11,15-16H,3,5,8-10,20H2,(H,21,24)(H,25,26). The molecule has 1 amide bonds. The molecule has 7 heteroatoms. The Labute approximate surface area is 151 Å². The van der Waals surface area contributed by atoms with Gasteiger partial charge < -0.3 is 16.2 Å². The van der Waals surface area contributed by atoms with Crippen LogP contribution >= 0.6 is 0 Å². The molecule has 0 saturated heterocycles. The summed E-state index contributed by atoms with van der Waals surface area (Å²) < 4.78 is 0. The van der Waals surface area contributed by atoms with Crippen LogP contribution in [0.2, 0.25) is 0 Å². The largest absolute Gasteiger partial charge is 0.480 e. The van der Waals surface area contributed by atoms with Crippen LogP contribution in [0.3, 0.4) is 0 Å². The fourth-order valence-electron chi connectivity index (χ4n) is 2.96. The number of amides is 1. The minimum absolute atomic E-state index is 0.0126. The van der Waals surface area contributed by atoms with E-state index < -0.39 is 29.7 Å². The molecular weight excluding hydrogens is 336 g/mol. The lowest BCUT2D eigenvalue weighted by Gasteiger charge is -2.21. The summed E-state index contributed by atoms with van der Waals surface area (Å²) in [6, 6.07) is 5.69.